The summed E-state index contributed by atoms with van der Waals surface area (Å²) in [4.78, 5) is 4.44. The van der Waals surface area contributed by atoms with Gasteiger partial charge in [0.2, 0.25) is 0 Å². The number of halogens is 2. The van der Waals surface area contributed by atoms with Crippen LogP contribution in [-0.4, -0.2) is 40.4 Å². The number of benzene rings is 3. The molecule has 2 unspecified atom stereocenters. The van der Waals surface area contributed by atoms with E-state index in [1.807, 2.05) is 30.3 Å². The van der Waals surface area contributed by atoms with Crippen LogP contribution in [0.1, 0.15) is 61.1 Å². The molecule has 5 aromatic rings. The highest BCUT2D eigenvalue weighted by molar-refractivity contribution is 7.90. The standard InChI is InChI=1S/C32H29ClFN7O2S/c1-44(42,43)14-13-28(20-5-3-2-4-6-20)38-30-22(17-35)18-36-32-26(30)15-24(16-27(32)33)37-31(21-7-9-23(34)10-8-21)29-19-41(40-39-29)25-11-12-25/h2-10,15-16,18-19,25,28,31,37H,11-14H2,1H3,(H,36,38)/i31D. The molecular formula is C32H29ClFN7O2S. The molecule has 0 radical (unpaired) electrons. The predicted molar refractivity (Wildman–Crippen MR) is 169 cm³/mol. The number of nitriles is 1. The Morgan fingerprint density at radius 2 is 1.89 bits per heavy atom. The molecule has 6 rings (SSSR count). The smallest absolute Gasteiger partial charge is 0.147 e. The summed E-state index contributed by atoms with van der Waals surface area (Å²) in [6, 6.07) is 18.6. The Kier molecular flexibility index (Phi) is 7.85. The van der Waals surface area contributed by atoms with Crippen LogP contribution in [0.4, 0.5) is 15.8 Å². The number of anilines is 2. The molecule has 9 nitrogen and oxygen atoms in total. The van der Waals surface area contributed by atoms with Crippen LogP contribution in [0.5, 0.6) is 0 Å². The molecule has 1 fully saturated rings. The van der Waals surface area contributed by atoms with Gasteiger partial charge in [0.05, 0.1) is 53.2 Å². The highest BCUT2D eigenvalue weighted by Crippen LogP contribution is 2.38. The topological polar surface area (TPSA) is 126 Å². The van der Waals surface area contributed by atoms with Crippen molar-refractivity contribution in [3.05, 3.63) is 112 Å². The molecule has 0 bridgehead atoms. The van der Waals surface area contributed by atoms with E-state index in [0.717, 1.165) is 18.4 Å². The Balaban J connectivity index is 1.45. The highest BCUT2D eigenvalue weighted by atomic mass is 35.5. The van der Waals surface area contributed by atoms with E-state index in [2.05, 4.69) is 32.0 Å². The summed E-state index contributed by atoms with van der Waals surface area (Å²) in [5.74, 6) is -0.510. The summed E-state index contributed by atoms with van der Waals surface area (Å²) < 4.78 is 49.5. The maximum atomic E-state index is 13.9. The van der Waals surface area contributed by atoms with Crippen LogP contribution in [-0.2, 0) is 9.84 Å². The van der Waals surface area contributed by atoms with Gasteiger partial charge in [0.15, 0.2) is 0 Å². The zero-order valence-electron chi connectivity index (χ0n) is 24.7. The van der Waals surface area contributed by atoms with Gasteiger partial charge in [-0.15, -0.1) is 5.10 Å². The van der Waals surface area contributed by atoms with Crippen molar-refractivity contribution in [1.29, 1.82) is 5.26 Å². The molecule has 224 valence electrons. The van der Waals surface area contributed by atoms with E-state index < -0.39 is 27.7 Å². The van der Waals surface area contributed by atoms with Gasteiger partial charge in [-0.3, -0.25) is 4.98 Å². The first-order chi connectivity index (χ1) is 21.5. The van der Waals surface area contributed by atoms with E-state index in [4.69, 9.17) is 11.6 Å². The molecule has 2 atom stereocenters. The van der Waals surface area contributed by atoms with E-state index in [0.29, 0.717) is 33.5 Å². The van der Waals surface area contributed by atoms with Crippen molar-refractivity contribution in [2.45, 2.75) is 37.4 Å². The third-order valence-electron chi connectivity index (χ3n) is 7.43. The van der Waals surface area contributed by atoms with Gasteiger partial charge in [-0.2, -0.15) is 5.26 Å². The van der Waals surface area contributed by atoms with Gasteiger partial charge in [0.25, 0.3) is 0 Å². The van der Waals surface area contributed by atoms with Gasteiger partial charge in [0, 0.05) is 23.5 Å². The van der Waals surface area contributed by atoms with Gasteiger partial charge >= 0.3 is 0 Å². The van der Waals surface area contributed by atoms with Crippen molar-refractivity contribution in [3.63, 3.8) is 0 Å². The number of fused-ring (bicyclic) bond motifs is 1. The molecule has 0 aliphatic heterocycles. The molecule has 2 N–H and O–H groups in total. The Morgan fingerprint density at radius 3 is 2.57 bits per heavy atom. The second-order valence-electron chi connectivity index (χ2n) is 10.9. The largest absolute Gasteiger partial charge is 0.377 e. The van der Waals surface area contributed by atoms with E-state index in [-0.39, 0.29) is 28.8 Å². The molecule has 1 aliphatic carbocycles. The third kappa shape index (κ3) is 6.67. The molecule has 1 aliphatic rings. The number of aromatic nitrogens is 4. The van der Waals surface area contributed by atoms with Crippen molar-refractivity contribution >= 4 is 43.7 Å². The van der Waals surface area contributed by atoms with E-state index in [1.54, 1.807) is 23.0 Å². The molecule has 0 amide bonds. The van der Waals surface area contributed by atoms with Crippen LogP contribution < -0.4 is 10.6 Å². The first kappa shape index (κ1) is 28.3. The van der Waals surface area contributed by atoms with Crippen molar-refractivity contribution < 1.29 is 14.2 Å². The van der Waals surface area contributed by atoms with Crippen LogP contribution in [0.3, 0.4) is 0 Å². The number of rotatable bonds is 11. The van der Waals surface area contributed by atoms with E-state index in [1.165, 1.54) is 36.7 Å². The fourth-order valence-electron chi connectivity index (χ4n) is 5.04. The van der Waals surface area contributed by atoms with Crippen molar-refractivity contribution in [2.75, 3.05) is 22.6 Å². The summed E-state index contributed by atoms with van der Waals surface area (Å²) >= 11 is 6.76. The zero-order chi connectivity index (χ0) is 31.8. The van der Waals surface area contributed by atoms with Gasteiger partial charge in [-0.25, -0.2) is 17.5 Å². The minimum absolute atomic E-state index is 0.0708. The lowest BCUT2D eigenvalue weighted by atomic mass is 10.0. The molecular weight excluding hydrogens is 601 g/mol. The van der Waals surface area contributed by atoms with Crippen molar-refractivity contribution in [2.24, 2.45) is 0 Å². The van der Waals surface area contributed by atoms with Crippen LogP contribution in [0.15, 0.2) is 79.1 Å². The average Bonchev–Trinajstić information content (AvgIpc) is 3.74. The van der Waals surface area contributed by atoms with Gasteiger partial charge in [-0.05, 0) is 54.7 Å². The summed E-state index contributed by atoms with van der Waals surface area (Å²) in [7, 11) is -3.27. The lowest BCUT2D eigenvalue weighted by Crippen LogP contribution is -2.17. The fourth-order valence-corrected chi connectivity index (χ4v) is 5.97. The quantitative estimate of drug-likeness (QED) is 0.167. The SMILES string of the molecule is [2H]C(Nc1cc(Cl)c2ncc(C#N)c(NC(CCS(C)(=O)=O)c3ccccc3)c2c1)(c1ccc(F)cc1)c1cn(C2CC2)nn1. The monoisotopic (exact) mass is 630 g/mol. The number of nitrogens with zero attached hydrogens (tertiary/aromatic N) is 5. The van der Waals surface area contributed by atoms with Crippen LogP contribution in [0, 0.1) is 17.1 Å². The minimum atomic E-state index is -3.27. The van der Waals surface area contributed by atoms with E-state index in [9.17, 15) is 19.4 Å². The molecule has 0 spiro atoms. The number of hydrogen-bond donors (Lipinski definition) is 2. The summed E-state index contributed by atoms with van der Waals surface area (Å²) in [5.41, 5.74) is 3.07. The minimum Gasteiger partial charge on any atom is -0.377 e. The highest BCUT2D eigenvalue weighted by Gasteiger charge is 2.27. The molecule has 44 heavy (non-hydrogen) atoms. The normalized spacial score (nSPS) is 15.6. The average molecular weight is 631 g/mol. The van der Waals surface area contributed by atoms with E-state index >= 15 is 0 Å². The third-order valence-corrected chi connectivity index (χ3v) is 8.70. The van der Waals surface area contributed by atoms with Crippen molar-refractivity contribution in [1.82, 2.24) is 20.0 Å². The first-order valence-corrected chi connectivity index (χ1v) is 16.5. The fraction of sp³-hybridized carbons (Fsp3) is 0.250. The second-order valence-corrected chi connectivity index (χ2v) is 13.5. The molecule has 0 saturated heterocycles. The molecule has 2 aromatic heterocycles. The second kappa shape index (κ2) is 12.2. The Labute approximate surface area is 261 Å². The number of hydrogen-bond acceptors (Lipinski definition) is 8. The molecule has 3 aromatic carbocycles. The maximum absolute atomic E-state index is 13.9. The summed E-state index contributed by atoms with van der Waals surface area (Å²) in [5, 5.41) is 26.0. The predicted octanol–water partition coefficient (Wildman–Crippen LogP) is 6.61. The Morgan fingerprint density at radius 1 is 1.14 bits per heavy atom. The Hall–Kier alpha value is -4.53. The van der Waals surface area contributed by atoms with Gasteiger partial charge in [-0.1, -0.05) is 59.3 Å². The van der Waals surface area contributed by atoms with Gasteiger partial charge < -0.3 is 10.6 Å². The van der Waals surface area contributed by atoms with Crippen LogP contribution in [0.2, 0.25) is 5.02 Å². The molecule has 2 heterocycles. The summed E-state index contributed by atoms with van der Waals surface area (Å²) in [6.07, 6.45) is 6.55. The van der Waals surface area contributed by atoms with Crippen LogP contribution >= 0.6 is 11.6 Å². The maximum Gasteiger partial charge on any atom is 0.147 e. The Bertz CT molecular complexity index is 2020. The molecule has 1 saturated carbocycles. The van der Waals surface area contributed by atoms with Gasteiger partial charge in [0.1, 0.15) is 27.4 Å². The molecule has 12 heteroatoms. The number of nitrogens with one attached hydrogen (secondary N) is 2. The first-order valence-electron chi connectivity index (χ1n) is 14.5. The lowest BCUT2D eigenvalue weighted by Gasteiger charge is -2.23. The van der Waals surface area contributed by atoms with Crippen molar-refractivity contribution in [3.8, 4) is 6.07 Å². The lowest BCUT2D eigenvalue weighted by molar-refractivity contribution is 0.595. The summed E-state index contributed by atoms with van der Waals surface area (Å²) in [6.45, 7) is 0. The number of sulfone groups is 1. The number of pyridine rings is 1. The zero-order valence-corrected chi connectivity index (χ0v) is 25.3. The van der Waals surface area contributed by atoms with Crippen LogP contribution in [0.25, 0.3) is 10.9 Å².